The molecule has 0 spiro atoms. The second kappa shape index (κ2) is 9.12. The zero-order chi connectivity index (χ0) is 19.9. The molecule has 0 saturated heterocycles. The van der Waals surface area contributed by atoms with Crippen molar-refractivity contribution in [3.8, 4) is 11.3 Å². The standard InChI is InChI=1S/C21H23FN4O2/c1-25(20(27)11-14-26-13-3-2-6-21(26)28)12-4-5-18-15-19(24-23-18)16-7-9-17(22)10-8-16/h2-3,6-10,13,15H,4-5,11-12,14H2,1H3,(H,23,24). The summed E-state index contributed by atoms with van der Waals surface area (Å²) in [5, 5.41) is 7.25. The monoisotopic (exact) mass is 382 g/mol. The maximum absolute atomic E-state index is 13.0. The first-order valence-electron chi connectivity index (χ1n) is 9.22. The van der Waals surface area contributed by atoms with Crippen LogP contribution in [0.15, 0.2) is 59.5 Å². The molecule has 1 amide bonds. The van der Waals surface area contributed by atoms with Gasteiger partial charge in [0.15, 0.2) is 0 Å². The van der Waals surface area contributed by atoms with Gasteiger partial charge in [-0.1, -0.05) is 6.07 Å². The van der Waals surface area contributed by atoms with E-state index in [9.17, 15) is 14.0 Å². The molecular formula is C21H23FN4O2. The van der Waals surface area contributed by atoms with Gasteiger partial charge < -0.3 is 9.47 Å². The van der Waals surface area contributed by atoms with Gasteiger partial charge in [-0.2, -0.15) is 5.10 Å². The lowest BCUT2D eigenvalue weighted by Gasteiger charge is -2.17. The summed E-state index contributed by atoms with van der Waals surface area (Å²) in [5.41, 5.74) is 2.49. The summed E-state index contributed by atoms with van der Waals surface area (Å²) in [6, 6.07) is 13.1. The number of pyridine rings is 1. The van der Waals surface area contributed by atoms with Crippen molar-refractivity contribution >= 4 is 5.91 Å². The number of nitrogens with one attached hydrogen (secondary N) is 1. The Bertz CT molecular complexity index is 978. The minimum atomic E-state index is -0.274. The van der Waals surface area contributed by atoms with Gasteiger partial charge in [-0.05, 0) is 49.2 Å². The van der Waals surface area contributed by atoms with Crippen LogP contribution in [0.25, 0.3) is 11.3 Å². The van der Waals surface area contributed by atoms with Crippen molar-refractivity contribution in [1.29, 1.82) is 0 Å². The molecule has 2 heterocycles. The van der Waals surface area contributed by atoms with Crippen molar-refractivity contribution in [1.82, 2.24) is 19.7 Å². The highest BCUT2D eigenvalue weighted by Crippen LogP contribution is 2.18. The zero-order valence-electron chi connectivity index (χ0n) is 15.8. The fourth-order valence-electron chi connectivity index (χ4n) is 2.94. The van der Waals surface area contributed by atoms with Gasteiger partial charge in [0.2, 0.25) is 5.91 Å². The molecule has 6 nitrogen and oxygen atoms in total. The average molecular weight is 382 g/mol. The topological polar surface area (TPSA) is 71.0 Å². The van der Waals surface area contributed by atoms with Gasteiger partial charge in [0, 0.05) is 50.1 Å². The number of nitrogens with zero attached hydrogens (tertiary/aromatic N) is 3. The Kier molecular flexibility index (Phi) is 6.37. The van der Waals surface area contributed by atoms with Crippen LogP contribution in [-0.2, 0) is 17.8 Å². The molecule has 146 valence electrons. The van der Waals surface area contributed by atoms with E-state index in [1.54, 1.807) is 42.4 Å². The molecule has 3 aromatic rings. The summed E-state index contributed by atoms with van der Waals surface area (Å²) in [5.74, 6) is -0.267. The van der Waals surface area contributed by atoms with Crippen molar-refractivity contribution in [2.24, 2.45) is 0 Å². The number of hydrogen-bond acceptors (Lipinski definition) is 3. The minimum absolute atomic E-state index is 0.00682. The number of rotatable bonds is 8. The van der Waals surface area contributed by atoms with Crippen LogP contribution < -0.4 is 5.56 Å². The van der Waals surface area contributed by atoms with E-state index < -0.39 is 0 Å². The lowest BCUT2D eigenvalue weighted by Crippen LogP contribution is -2.30. The number of aromatic amines is 1. The summed E-state index contributed by atoms with van der Waals surface area (Å²) in [6.45, 7) is 0.998. The normalized spacial score (nSPS) is 10.8. The van der Waals surface area contributed by atoms with Gasteiger partial charge in [0.05, 0.1) is 5.69 Å². The largest absolute Gasteiger partial charge is 0.346 e. The number of aryl methyl sites for hydroxylation is 2. The van der Waals surface area contributed by atoms with Crippen molar-refractivity contribution in [2.45, 2.75) is 25.8 Å². The van der Waals surface area contributed by atoms with E-state index in [0.29, 0.717) is 19.5 Å². The fraction of sp³-hybridized carbons (Fsp3) is 0.286. The quantitative estimate of drug-likeness (QED) is 0.651. The highest BCUT2D eigenvalue weighted by molar-refractivity contribution is 5.75. The van der Waals surface area contributed by atoms with Gasteiger partial charge >= 0.3 is 0 Å². The number of halogens is 1. The lowest BCUT2D eigenvalue weighted by molar-refractivity contribution is -0.130. The Balaban J connectivity index is 1.44. The molecule has 0 aliphatic rings. The third kappa shape index (κ3) is 5.16. The summed E-state index contributed by atoms with van der Waals surface area (Å²) >= 11 is 0. The molecule has 0 radical (unpaired) electrons. The van der Waals surface area contributed by atoms with E-state index in [0.717, 1.165) is 29.8 Å². The summed E-state index contributed by atoms with van der Waals surface area (Å²) in [7, 11) is 1.77. The van der Waals surface area contributed by atoms with Crippen LogP contribution in [-0.4, -0.2) is 39.2 Å². The highest BCUT2D eigenvalue weighted by Gasteiger charge is 2.10. The lowest BCUT2D eigenvalue weighted by atomic mass is 10.1. The number of amides is 1. The SMILES string of the molecule is CN(CCCc1cc(-c2ccc(F)cc2)n[nH]1)C(=O)CCn1ccccc1=O. The molecular weight excluding hydrogens is 359 g/mol. The summed E-state index contributed by atoms with van der Waals surface area (Å²) in [6.07, 6.45) is 3.52. The zero-order valence-corrected chi connectivity index (χ0v) is 15.8. The van der Waals surface area contributed by atoms with Gasteiger partial charge in [0.25, 0.3) is 5.56 Å². The Hall–Kier alpha value is -3.22. The predicted octanol–water partition coefficient (Wildman–Crippen LogP) is 2.86. The van der Waals surface area contributed by atoms with Gasteiger partial charge in [0.1, 0.15) is 5.82 Å². The molecule has 7 heteroatoms. The number of carbonyl (C=O) groups is 1. The maximum Gasteiger partial charge on any atom is 0.250 e. The minimum Gasteiger partial charge on any atom is -0.346 e. The summed E-state index contributed by atoms with van der Waals surface area (Å²) in [4.78, 5) is 25.6. The molecule has 0 aliphatic carbocycles. The molecule has 0 fully saturated rings. The van der Waals surface area contributed by atoms with Crippen molar-refractivity contribution < 1.29 is 9.18 Å². The molecule has 1 N–H and O–H groups in total. The highest BCUT2D eigenvalue weighted by atomic mass is 19.1. The van der Waals surface area contributed by atoms with E-state index in [-0.39, 0.29) is 17.3 Å². The number of aromatic nitrogens is 3. The molecule has 0 aliphatic heterocycles. The molecule has 0 saturated carbocycles. The Labute approximate surface area is 162 Å². The van der Waals surface area contributed by atoms with Crippen LogP contribution in [0.2, 0.25) is 0 Å². The van der Waals surface area contributed by atoms with E-state index in [1.807, 2.05) is 6.07 Å². The number of benzene rings is 1. The van der Waals surface area contributed by atoms with Crippen LogP contribution in [0.5, 0.6) is 0 Å². The molecule has 0 atom stereocenters. The first kappa shape index (κ1) is 19.5. The number of H-pyrrole nitrogens is 1. The predicted molar refractivity (Wildman–Crippen MR) is 105 cm³/mol. The third-order valence-electron chi connectivity index (χ3n) is 4.60. The second-order valence-electron chi connectivity index (χ2n) is 6.69. The van der Waals surface area contributed by atoms with Crippen LogP contribution >= 0.6 is 0 Å². The van der Waals surface area contributed by atoms with Gasteiger partial charge in [-0.3, -0.25) is 14.7 Å². The third-order valence-corrected chi connectivity index (χ3v) is 4.60. The van der Waals surface area contributed by atoms with E-state index >= 15 is 0 Å². The second-order valence-corrected chi connectivity index (χ2v) is 6.69. The molecule has 3 rings (SSSR count). The summed E-state index contributed by atoms with van der Waals surface area (Å²) < 4.78 is 14.5. The fourth-order valence-corrected chi connectivity index (χ4v) is 2.94. The molecule has 1 aromatic carbocycles. The molecule has 0 bridgehead atoms. The number of hydrogen-bond donors (Lipinski definition) is 1. The molecule has 0 unspecified atom stereocenters. The van der Waals surface area contributed by atoms with E-state index in [4.69, 9.17) is 0 Å². The first-order valence-corrected chi connectivity index (χ1v) is 9.22. The van der Waals surface area contributed by atoms with Crippen LogP contribution in [0.1, 0.15) is 18.5 Å². The Morgan fingerprint density at radius 3 is 2.75 bits per heavy atom. The van der Waals surface area contributed by atoms with Gasteiger partial charge in [-0.25, -0.2) is 4.39 Å². The van der Waals surface area contributed by atoms with Crippen LogP contribution in [0.4, 0.5) is 4.39 Å². The van der Waals surface area contributed by atoms with Crippen LogP contribution in [0.3, 0.4) is 0 Å². The Morgan fingerprint density at radius 1 is 1.21 bits per heavy atom. The maximum atomic E-state index is 13.0. The van der Waals surface area contributed by atoms with Crippen molar-refractivity contribution in [3.63, 3.8) is 0 Å². The first-order chi connectivity index (χ1) is 13.5. The average Bonchev–Trinajstić information content (AvgIpc) is 3.16. The Morgan fingerprint density at radius 2 is 2.00 bits per heavy atom. The van der Waals surface area contributed by atoms with Crippen molar-refractivity contribution in [3.05, 3.63) is 76.6 Å². The smallest absolute Gasteiger partial charge is 0.250 e. The van der Waals surface area contributed by atoms with E-state index in [2.05, 4.69) is 10.2 Å². The van der Waals surface area contributed by atoms with Crippen LogP contribution in [0, 0.1) is 5.82 Å². The molecule has 2 aromatic heterocycles. The van der Waals surface area contributed by atoms with Gasteiger partial charge in [-0.15, -0.1) is 0 Å². The van der Waals surface area contributed by atoms with E-state index in [1.165, 1.54) is 22.8 Å². The molecule has 28 heavy (non-hydrogen) atoms. The number of carbonyl (C=O) groups excluding carboxylic acids is 1. The van der Waals surface area contributed by atoms with Crippen molar-refractivity contribution in [2.75, 3.05) is 13.6 Å².